The Kier molecular flexibility index (Phi) is 5.21. The number of para-hydroxylation sites is 1. The molecule has 0 saturated carbocycles. The maximum absolute atomic E-state index is 10.7. The number of rotatable bonds is 3. The second kappa shape index (κ2) is 8.34. The van der Waals surface area contributed by atoms with Crippen LogP contribution in [0.3, 0.4) is 0 Å². The molecule has 0 unspecified atom stereocenters. The third-order valence-electron chi connectivity index (χ3n) is 5.77. The summed E-state index contributed by atoms with van der Waals surface area (Å²) in [7, 11) is -0.475. The van der Waals surface area contributed by atoms with E-state index in [1.165, 1.54) is 16.3 Å². The highest BCUT2D eigenvalue weighted by atomic mass is 32.2. The molecular weight excluding hydrogens is 432 g/mol. The average molecular weight is 451 g/mol. The lowest BCUT2D eigenvalue weighted by atomic mass is 10.1. The molecule has 0 amide bonds. The van der Waals surface area contributed by atoms with Crippen molar-refractivity contribution in [3.63, 3.8) is 0 Å². The molecule has 0 saturated heterocycles. The Morgan fingerprint density at radius 1 is 0.970 bits per heavy atom. The number of nitriles is 1. The van der Waals surface area contributed by atoms with Crippen molar-refractivity contribution in [2.45, 2.75) is 6.42 Å². The van der Waals surface area contributed by atoms with E-state index in [0.29, 0.717) is 11.3 Å². The molecule has 0 aliphatic carbocycles. The van der Waals surface area contributed by atoms with Crippen LogP contribution in [0.1, 0.15) is 16.8 Å². The van der Waals surface area contributed by atoms with Gasteiger partial charge in [-0.1, -0.05) is 36.4 Å². The van der Waals surface area contributed by atoms with Crippen molar-refractivity contribution in [3.05, 3.63) is 95.7 Å². The number of hydrogen-bond donors (Lipinski definition) is 0. The van der Waals surface area contributed by atoms with Gasteiger partial charge < -0.3 is 4.57 Å². The standard InChI is InChI=1S/C17H13N3O2S.C9H5N/c1-20-16(8-12-2-4-13(11-18)5-3-12)10-14-9-15(19-23(21)22)6-7-17(14)20;1-2-6-4-5-8-7(3-1)9(6)10-8/h2-7,9-10H,8H2,1H3;1-5H. The van der Waals surface area contributed by atoms with Gasteiger partial charge in [-0.3, -0.25) is 0 Å². The predicted octanol–water partition coefficient (Wildman–Crippen LogP) is 5.60. The summed E-state index contributed by atoms with van der Waals surface area (Å²) in [6.45, 7) is 0. The Labute approximate surface area is 191 Å². The van der Waals surface area contributed by atoms with Crippen molar-refractivity contribution >= 4 is 48.9 Å². The van der Waals surface area contributed by atoms with E-state index in [4.69, 9.17) is 5.26 Å². The number of aromatic nitrogens is 2. The van der Waals surface area contributed by atoms with Gasteiger partial charge in [0.1, 0.15) is 0 Å². The molecule has 0 aliphatic rings. The van der Waals surface area contributed by atoms with E-state index in [9.17, 15) is 8.42 Å². The van der Waals surface area contributed by atoms with Gasteiger partial charge in [0.2, 0.25) is 0 Å². The van der Waals surface area contributed by atoms with Crippen LogP contribution in [0.5, 0.6) is 0 Å². The van der Waals surface area contributed by atoms with E-state index in [1.807, 2.05) is 31.3 Å². The second-order valence-corrected chi connectivity index (χ2v) is 8.42. The van der Waals surface area contributed by atoms with Gasteiger partial charge in [-0.2, -0.15) is 13.7 Å². The molecule has 7 heteroatoms. The van der Waals surface area contributed by atoms with Crippen molar-refractivity contribution in [2.75, 3.05) is 0 Å². The minimum Gasteiger partial charge on any atom is -0.347 e. The molecule has 3 aromatic heterocycles. The number of hydrogen-bond acceptors (Lipinski definition) is 5. The molecule has 3 heterocycles. The van der Waals surface area contributed by atoms with E-state index >= 15 is 0 Å². The molecule has 0 fully saturated rings. The molecule has 0 N–H and O–H groups in total. The Morgan fingerprint density at radius 2 is 1.79 bits per heavy atom. The quantitative estimate of drug-likeness (QED) is 0.351. The average Bonchev–Trinajstić information content (AvgIpc) is 3.11. The van der Waals surface area contributed by atoms with Crippen LogP contribution in [0.2, 0.25) is 0 Å². The minimum absolute atomic E-state index is 0.418. The highest BCUT2D eigenvalue weighted by molar-refractivity contribution is 7.61. The lowest BCUT2D eigenvalue weighted by Gasteiger charge is -2.07. The summed E-state index contributed by atoms with van der Waals surface area (Å²) in [5, 5.41) is 12.4. The molecule has 0 spiro atoms. The van der Waals surface area contributed by atoms with E-state index in [0.717, 1.165) is 34.1 Å². The maximum Gasteiger partial charge on any atom is 0.316 e. The molecule has 0 aliphatic heterocycles. The van der Waals surface area contributed by atoms with E-state index in [-0.39, 0.29) is 0 Å². The van der Waals surface area contributed by atoms with Crippen molar-refractivity contribution in [3.8, 4) is 6.07 Å². The Morgan fingerprint density at radius 3 is 2.45 bits per heavy atom. The van der Waals surface area contributed by atoms with Crippen molar-refractivity contribution < 1.29 is 8.42 Å². The first-order valence-electron chi connectivity index (χ1n) is 10.3. The number of benzene rings is 4. The maximum atomic E-state index is 10.7. The smallest absolute Gasteiger partial charge is 0.316 e. The SMILES string of the molecule is Cn1c(Cc2ccc(C#N)cc2)cc2cc(N=S(=O)=O)ccc21.c1cc2ccc3c(c1)c2N=3. The lowest BCUT2D eigenvalue weighted by Crippen LogP contribution is -1.97. The van der Waals surface area contributed by atoms with Crippen LogP contribution in [-0.2, 0) is 24.0 Å². The van der Waals surface area contributed by atoms with Crippen molar-refractivity contribution in [1.29, 1.82) is 5.26 Å². The van der Waals surface area contributed by atoms with Gasteiger partial charge in [0, 0.05) is 40.8 Å². The molecule has 0 atom stereocenters. The topological polar surface area (TPSA) is 88.1 Å². The van der Waals surface area contributed by atoms with E-state index in [1.54, 1.807) is 24.3 Å². The van der Waals surface area contributed by atoms with Gasteiger partial charge >= 0.3 is 10.5 Å². The fourth-order valence-corrected chi connectivity index (χ4v) is 4.35. The Hall–Kier alpha value is -4.28. The molecule has 33 heavy (non-hydrogen) atoms. The number of fused-ring (bicyclic) bond motifs is 2. The minimum atomic E-state index is -2.45. The first-order chi connectivity index (χ1) is 16.0. The second-order valence-electron chi connectivity index (χ2n) is 7.81. The molecule has 0 radical (unpaired) electrons. The van der Waals surface area contributed by atoms with Crippen molar-refractivity contribution in [2.24, 2.45) is 11.4 Å². The number of pyridine rings is 1. The molecule has 7 aromatic rings. The van der Waals surface area contributed by atoms with Crippen LogP contribution in [0.15, 0.2) is 83.2 Å². The first-order valence-corrected chi connectivity index (χ1v) is 11.3. The molecule has 4 bridgehead atoms. The van der Waals surface area contributed by atoms with Crippen LogP contribution in [0.25, 0.3) is 32.7 Å². The van der Waals surface area contributed by atoms with E-state index in [2.05, 4.69) is 50.3 Å². The van der Waals surface area contributed by atoms with Gasteiger partial charge in [0.15, 0.2) is 0 Å². The normalized spacial score (nSPS) is 10.9. The third kappa shape index (κ3) is 4.00. The Bertz CT molecular complexity index is 1710. The fraction of sp³-hybridized carbons (Fsp3) is 0.0769. The summed E-state index contributed by atoms with van der Waals surface area (Å²) in [6.07, 6.45) is 0.733. The molecule has 4 aromatic carbocycles. The molecule has 160 valence electrons. The van der Waals surface area contributed by atoms with Gasteiger partial charge in [-0.05, 0) is 48.0 Å². The zero-order valence-electron chi connectivity index (χ0n) is 17.7. The lowest BCUT2D eigenvalue weighted by molar-refractivity contribution is 0.622. The Balaban J connectivity index is 0.000000186. The van der Waals surface area contributed by atoms with Crippen LogP contribution < -0.4 is 0 Å². The summed E-state index contributed by atoms with van der Waals surface area (Å²) in [4.78, 5) is 4.30. The first kappa shape index (κ1) is 20.6. The van der Waals surface area contributed by atoms with Gasteiger partial charge in [-0.25, -0.2) is 4.98 Å². The fourth-order valence-electron chi connectivity index (χ4n) is 4.06. The summed E-state index contributed by atoms with van der Waals surface area (Å²) in [5.74, 6) is 0. The zero-order valence-corrected chi connectivity index (χ0v) is 18.5. The van der Waals surface area contributed by atoms with Crippen LogP contribution in [-0.4, -0.2) is 18.0 Å². The highest BCUT2D eigenvalue weighted by Crippen LogP contribution is 2.28. The van der Waals surface area contributed by atoms with Gasteiger partial charge in [-0.15, -0.1) is 4.36 Å². The van der Waals surface area contributed by atoms with Crippen molar-refractivity contribution in [1.82, 2.24) is 9.55 Å². The highest BCUT2D eigenvalue weighted by Gasteiger charge is 2.08. The van der Waals surface area contributed by atoms with E-state index < -0.39 is 10.5 Å². The molecular formula is C26H18N4O2S. The zero-order chi connectivity index (χ0) is 22.9. The predicted molar refractivity (Wildman–Crippen MR) is 130 cm³/mol. The van der Waals surface area contributed by atoms with Crippen LogP contribution in [0.4, 0.5) is 5.69 Å². The van der Waals surface area contributed by atoms with Crippen LogP contribution >= 0.6 is 0 Å². The summed E-state index contributed by atoms with van der Waals surface area (Å²) < 4.78 is 27.0. The largest absolute Gasteiger partial charge is 0.347 e. The van der Waals surface area contributed by atoms with Gasteiger partial charge in [0.05, 0.1) is 28.4 Å². The molecule has 6 nitrogen and oxygen atoms in total. The van der Waals surface area contributed by atoms with Crippen LogP contribution in [0, 0.1) is 11.3 Å². The molecule has 7 rings (SSSR count). The number of nitrogens with zero attached hydrogens (tertiary/aromatic N) is 4. The monoisotopic (exact) mass is 450 g/mol. The summed E-state index contributed by atoms with van der Waals surface area (Å²) >= 11 is 0. The number of aryl methyl sites for hydroxylation is 1. The van der Waals surface area contributed by atoms with Gasteiger partial charge in [0.25, 0.3) is 0 Å². The third-order valence-corrected chi connectivity index (χ3v) is 6.13. The summed E-state index contributed by atoms with van der Waals surface area (Å²) in [5.41, 5.74) is 6.61. The summed E-state index contributed by atoms with van der Waals surface area (Å²) in [6, 6.07) is 27.4.